The van der Waals surface area contributed by atoms with Gasteiger partial charge in [0.05, 0.1) is 5.39 Å². The van der Waals surface area contributed by atoms with E-state index >= 15 is 0 Å². The van der Waals surface area contributed by atoms with E-state index in [0.717, 1.165) is 17.2 Å². The minimum Gasteiger partial charge on any atom is -0.484 e. The third-order valence-electron chi connectivity index (χ3n) is 6.08. The number of anilines is 1. The van der Waals surface area contributed by atoms with Crippen molar-refractivity contribution < 1.29 is 31.9 Å². The molecule has 6 nitrogen and oxygen atoms in total. The van der Waals surface area contributed by atoms with Crippen molar-refractivity contribution in [2.75, 3.05) is 11.9 Å². The summed E-state index contributed by atoms with van der Waals surface area (Å²) in [6.07, 6.45) is -5.00. The van der Waals surface area contributed by atoms with Gasteiger partial charge in [-0.15, -0.1) is 0 Å². The largest absolute Gasteiger partial charge is 0.484 e. The van der Waals surface area contributed by atoms with Crippen molar-refractivity contribution in [3.63, 3.8) is 0 Å². The fraction of sp³-hybridized carbons (Fsp3) is 0.241. The van der Waals surface area contributed by atoms with Crippen molar-refractivity contribution in [2.24, 2.45) is 0 Å². The molecule has 0 aliphatic rings. The van der Waals surface area contributed by atoms with E-state index in [1.54, 1.807) is 24.3 Å². The topological polar surface area (TPSA) is 77.8 Å². The first-order chi connectivity index (χ1) is 18.0. The van der Waals surface area contributed by atoms with Crippen LogP contribution in [0.5, 0.6) is 17.2 Å². The zero-order valence-corrected chi connectivity index (χ0v) is 21.2. The van der Waals surface area contributed by atoms with Crippen LogP contribution in [0.3, 0.4) is 0 Å². The Bertz CT molecular complexity index is 1560. The van der Waals surface area contributed by atoms with Crippen LogP contribution in [0.15, 0.2) is 69.9 Å². The lowest BCUT2D eigenvalue weighted by molar-refractivity contribution is -0.154. The Kier molecular flexibility index (Phi) is 7.48. The molecule has 0 saturated carbocycles. The molecule has 1 amide bonds. The maximum Gasteiger partial charge on any atom is 0.453 e. The van der Waals surface area contributed by atoms with Gasteiger partial charge in [-0.25, -0.2) is 0 Å². The molecule has 0 saturated heterocycles. The number of hydrogen-bond acceptors (Lipinski definition) is 5. The molecule has 0 fully saturated rings. The first-order valence-electron chi connectivity index (χ1n) is 11.9. The lowest BCUT2D eigenvalue weighted by atomic mass is 10.0. The van der Waals surface area contributed by atoms with E-state index in [-0.39, 0.29) is 28.4 Å². The van der Waals surface area contributed by atoms with Crippen LogP contribution in [0.4, 0.5) is 18.9 Å². The van der Waals surface area contributed by atoms with Crippen LogP contribution in [-0.4, -0.2) is 12.5 Å². The van der Waals surface area contributed by atoms with Crippen molar-refractivity contribution in [1.82, 2.24) is 0 Å². The van der Waals surface area contributed by atoms with E-state index in [4.69, 9.17) is 13.9 Å². The number of amides is 1. The minimum absolute atomic E-state index is 0.0558. The number of nitrogens with one attached hydrogen (secondary N) is 1. The Labute approximate surface area is 217 Å². The SMILES string of the molecule is Cc1cccc(NC(=O)COc2ccc3c(=O)c(Oc4ccccc4C(C)C)c(C(F)(F)F)oc3c2)c1C. The fourth-order valence-electron chi connectivity index (χ4n) is 3.91. The van der Waals surface area contributed by atoms with Crippen LogP contribution in [0.1, 0.15) is 42.2 Å². The molecule has 38 heavy (non-hydrogen) atoms. The van der Waals surface area contributed by atoms with Crippen molar-refractivity contribution in [3.8, 4) is 17.2 Å². The van der Waals surface area contributed by atoms with E-state index < -0.39 is 35.6 Å². The minimum atomic E-state index is -5.00. The van der Waals surface area contributed by atoms with Gasteiger partial charge in [-0.1, -0.05) is 44.2 Å². The zero-order valence-electron chi connectivity index (χ0n) is 21.2. The fourth-order valence-corrected chi connectivity index (χ4v) is 3.91. The maximum absolute atomic E-state index is 13.9. The molecule has 0 atom stereocenters. The van der Waals surface area contributed by atoms with Gasteiger partial charge in [0.1, 0.15) is 17.1 Å². The Balaban J connectivity index is 1.63. The summed E-state index contributed by atoms with van der Waals surface area (Å²) in [5, 5.41) is 2.61. The average molecular weight is 526 g/mol. The predicted molar refractivity (Wildman–Crippen MR) is 138 cm³/mol. The average Bonchev–Trinajstić information content (AvgIpc) is 2.86. The van der Waals surface area contributed by atoms with Crippen molar-refractivity contribution in [1.29, 1.82) is 0 Å². The van der Waals surface area contributed by atoms with Crippen LogP contribution >= 0.6 is 0 Å². The highest BCUT2D eigenvalue weighted by atomic mass is 19.4. The van der Waals surface area contributed by atoms with Gasteiger partial charge in [0.2, 0.25) is 11.2 Å². The number of halogens is 3. The van der Waals surface area contributed by atoms with E-state index in [0.29, 0.717) is 11.3 Å². The molecule has 0 unspecified atom stereocenters. The number of para-hydroxylation sites is 1. The second kappa shape index (κ2) is 10.6. The van der Waals surface area contributed by atoms with Crippen LogP contribution in [0.2, 0.25) is 0 Å². The van der Waals surface area contributed by atoms with Gasteiger partial charge in [-0.05, 0) is 60.7 Å². The Morgan fingerprint density at radius 3 is 2.47 bits per heavy atom. The lowest BCUT2D eigenvalue weighted by Gasteiger charge is -2.16. The molecule has 0 radical (unpaired) electrons. The summed E-state index contributed by atoms with van der Waals surface area (Å²) in [4.78, 5) is 25.5. The summed E-state index contributed by atoms with van der Waals surface area (Å²) in [5.74, 6) is -2.82. The molecule has 4 rings (SSSR count). The first-order valence-corrected chi connectivity index (χ1v) is 11.9. The van der Waals surface area contributed by atoms with Crippen LogP contribution in [0, 0.1) is 13.8 Å². The molecule has 0 aliphatic heterocycles. The zero-order chi connectivity index (χ0) is 27.6. The van der Waals surface area contributed by atoms with E-state index in [1.807, 2.05) is 39.8 Å². The van der Waals surface area contributed by atoms with Gasteiger partial charge in [-0.2, -0.15) is 13.2 Å². The van der Waals surface area contributed by atoms with E-state index in [2.05, 4.69) is 5.32 Å². The van der Waals surface area contributed by atoms with Gasteiger partial charge < -0.3 is 19.2 Å². The van der Waals surface area contributed by atoms with Gasteiger partial charge in [-0.3, -0.25) is 9.59 Å². The summed E-state index contributed by atoms with van der Waals surface area (Å²) in [5.41, 5.74) is 1.86. The van der Waals surface area contributed by atoms with Crippen molar-refractivity contribution >= 4 is 22.6 Å². The van der Waals surface area contributed by atoms with Crippen molar-refractivity contribution in [3.05, 3.63) is 93.3 Å². The second-order valence-electron chi connectivity index (χ2n) is 9.12. The molecular formula is C29H26F3NO5. The molecule has 0 bridgehead atoms. The smallest absolute Gasteiger partial charge is 0.453 e. The summed E-state index contributed by atoms with van der Waals surface area (Å²) in [6, 6.07) is 15.8. The number of fused-ring (bicyclic) bond motifs is 1. The molecule has 0 spiro atoms. The molecule has 1 N–H and O–H groups in total. The number of alkyl halides is 3. The third-order valence-corrected chi connectivity index (χ3v) is 6.08. The lowest BCUT2D eigenvalue weighted by Crippen LogP contribution is -2.21. The maximum atomic E-state index is 13.9. The molecule has 9 heteroatoms. The van der Waals surface area contributed by atoms with E-state index in [1.165, 1.54) is 18.2 Å². The Morgan fingerprint density at radius 1 is 1.03 bits per heavy atom. The highest BCUT2D eigenvalue weighted by Crippen LogP contribution is 2.40. The summed E-state index contributed by atoms with van der Waals surface area (Å²) < 4.78 is 58.0. The van der Waals surface area contributed by atoms with Gasteiger partial charge in [0.15, 0.2) is 6.61 Å². The van der Waals surface area contributed by atoms with E-state index in [9.17, 15) is 22.8 Å². The number of ether oxygens (including phenoxy) is 2. The first kappa shape index (κ1) is 26.8. The number of benzene rings is 3. The van der Waals surface area contributed by atoms with Crippen LogP contribution in [0.25, 0.3) is 11.0 Å². The number of carbonyl (C=O) groups excluding carboxylic acids is 1. The standard InChI is InChI=1S/C29H26F3NO5/c1-16(2)20-9-5-6-11-23(20)37-27-26(35)21-13-12-19(14-24(21)38-28(27)29(30,31)32)36-15-25(34)33-22-10-7-8-17(3)18(22)4/h5-14,16H,15H2,1-4H3,(H,33,34). The summed E-state index contributed by atoms with van der Waals surface area (Å²) in [7, 11) is 0. The number of rotatable bonds is 7. The molecule has 3 aromatic carbocycles. The summed E-state index contributed by atoms with van der Waals surface area (Å²) in [6.45, 7) is 7.11. The number of carbonyl (C=O) groups is 1. The monoisotopic (exact) mass is 525 g/mol. The summed E-state index contributed by atoms with van der Waals surface area (Å²) >= 11 is 0. The second-order valence-corrected chi connectivity index (χ2v) is 9.12. The van der Waals surface area contributed by atoms with Crippen LogP contribution in [-0.2, 0) is 11.0 Å². The van der Waals surface area contributed by atoms with Gasteiger partial charge in [0, 0.05) is 11.8 Å². The highest BCUT2D eigenvalue weighted by molar-refractivity contribution is 5.92. The number of hydrogen-bond donors (Lipinski definition) is 1. The molecule has 1 aromatic heterocycles. The Hall–Kier alpha value is -4.27. The predicted octanol–water partition coefficient (Wildman–Crippen LogP) is 7.36. The molecule has 198 valence electrons. The van der Waals surface area contributed by atoms with Gasteiger partial charge in [0.25, 0.3) is 11.7 Å². The van der Waals surface area contributed by atoms with Gasteiger partial charge >= 0.3 is 6.18 Å². The third kappa shape index (κ3) is 5.66. The highest BCUT2D eigenvalue weighted by Gasteiger charge is 2.40. The normalized spacial score (nSPS) is 11.6. The molecule has 1 heterocycles. The molecular weight excluding hydrogens is 499 g/mol. The molecule has 0 aliphatic carbocycles. The molecule has 4 aromatic rings. The Morgan fingerprint density at radius 2 is 1.76 bits per heavy atom. The van der Waals surface area contributed by atoms with Crippen molar-refractivity contribution in [2.45, 2.75) is 39.8 Å². The quantitative estimate of drug-likeness (QED) is 0.273. The van der Waals surface area contributed by atoms with Crippen LogP contribution < -0.4 is 20.2 Å². The number of aryl methyl sites for hydroxylation is 1.